The maximum Gasteiger partial charge on any atom is 0.191 e. The minimum Gasteiger partial charge on any atom is -0.381 e. The van der Waals surface area contributed by atoms with Gasteiger partial charge in [-0.1, -0.05) is 29.3 Å². The molecule has 1 aliphatic rings. The minimum atomic E-state index is -0.0997. The van der Waals surface area contributed by atoms with Crippen molar-refractivity contribution >= 4 is 29.2 Å². The maximum absolute atomic E-state index is 6.50. The van der Waals surface area contributed by atoms with E-state index in [9.17, 15) is 0 Å². The van der Waals surface area contributed by atoms with Gasteiger partial charge in [0, 0.05) is 55.4 Å². The summed E-state index contributed by atoms with van der Waals surface area (Å²) < 4.78 is 10.9. The van der Waals surface area contributed by atoms with Crippen LogP contribution in [0, 0.1) is 0 Å². The van der Waals surface area contributed by atoms with Gasteiger partial charge in [0.25, 0.3) is 0 Å². The van der Waals surface area contributed by atoms with Crippen LogP contribution < -0.4 is 10.6 Å². The highest BCUT2D eigenvalue weighted by molar-refractivity contribution is 6.35. The lowest BCUT2D eigenvalue weighted by Gasteiger charge is -2.39. The van der Waals surface area contributed by atoms with Gasteiger partial charge in [0.05, 0.1) is 6.61 Å². The van der Waals surface area contributed by atoms with Crippen LogP contribution in [0.5, 0.6) is 0 Å². The molecule has 0 atom stereocenters. The number of hydrogen-bond acceptors (Lipinski definition) is 3. The monoisotopic (exact) mass is 387 g/mol. The molecule has 1 heterocycles. The third-order valence-electron chi connectivity index (χ3n) is 4.51. The number of halogens is 2. The van der Waals surface area contributed by atoms with E-state index in [1.165, 1.54) is 0 Å². The van der Waals surface area contributed by atoms with Gasteiger partial charge in [-0.05, 0) is 37.5 Å². The third kappa shape index (κ3) is 5.74. The van der Waals surface area contributed by atoms with E-state index in [0.717, 1.165) is 44.1 Å². The SMILES string of the molecule is CCOCCNC(=NC)NCC1(c2ccc(Cl)cc2Cl)CCOCC1. The fourth-order valence-corrected chi connectivity index (χ4v) is 3.69. The highest BCUT2D eigenvalue weighted by Crippen LogP contribution is 2.39. The molecular formula is C18H27Cl2N3O2. The molecule has 7 heteroatoms. The Kier molecular flexibility index (Phi) is 8.30. The van der Waals surface area contributed by atoms with E-state index in [1.807, 2.05) is 25.1 Å². The second-order valence-electron chi connectivity index (χ2n) is 6.07. The van der Waals surface area contributed by atoms with Crippen LogP contribution in [0.4, 0.5) is 0 Å². The van der Waals surface area contributed by atoms with Crippen LogP contribution in [0.2, 0.25) is 10.0 Å². The Labute approximate surface area is 160 Å². The molecule has 0 aromatic heterocycles. The fraction of sp³-hybridized carbons (Fsp3) is 0.611. The van der Waals surface area contributed by atoms with E-state index >= 15 is 0 Å². The quantitative estimate of drug-likeness (QED) is 0.428. The van der Waals surface area contributed by atoms with E-state index in [-0.39, 0.29) is 5.41 Å². The van der Waals surface area contributed by atoms with E-state index in [2.05, 4.69) is 15.6 Å². The average molecular weight is 388 g/mol. The Hall–Kier alpha value is -1.01. The average Bonchev–Trinajstić information content (AvgIpc) is 2.62. The summed E-state index contributed by atoms with van der Waals surface area (Å²) in [5, 5.41) is 8.05. The zero-order valence-electron chi connectivity index (χ0n) is 14.9. The molecular weight excluding hydrogens is 361 g/mol. The number of nitrogens with one attached hydrogen (secondary N) is 2. The predicted molar refractivity (Wildman–Crippen MR) is 104 cm³/mol. The van der Waals surface area contributed by atoms with Crippen molar-refractivity contribution in [2.75, 3.05) is 46.6 Å². The summed E-state index contributed by atoms with van der Waals surface area (Å²) >= 11 is 12.6. The second kappa shape index (κ2) is 10.2. The topological polar surface area (TPSA) is 54.9 Å². The molecule has 0 unspecified atom stereocenters. The van der Waals surface area contributed by atoms with Crippen molar-refractivity contribution in [3.8, 4) is 0 Å². The molecule has 0 radical (unpaired) electrons. The Morgan fingerprint density at radius 3 is 2.68 bits per heavy atom. The number of rotatable bonds is 7. The Morgan fingerprint density at radius 2 is 2.04 bits per heavy atom. The molecule has 0 saturated carbocycles. The number of hydrogen-bond donors (Lipinski definition) is 2. The van der Waals surface area contributed by atoms with Crippen LogP contribution in [0.25, 0.3) is 0 Å². The first-order valence-corrected chi connectivity index (χ1v) is 9.42. The standard InChI is InChI=1S/C18H27Cl2N3O2/c1-3-24-11-8-22-17(21-2)23-13-18(6-9-25-10-7-18)15-5-4-14(19)12-16(15)20/h4-5,12H,3,6-11,13H2,1-2H3,(H2,21,22,23). The first kappa shape index (κ1) is 20.3. The van der Waals surface area contributed by atoms with Crippen molar-refractivity contribution in [2.45, 2.75) is 25.2 Å². The molecule has 0 amide bonds. The molecule has 0 bridgehead atoms. The van der Waals surface area contributed by atoms with Crippen molar-refractivity contribution in [1.82, 2.24) is 10.6 Å². The molecule has 2 rings (SSSR count). The number of nitrogens with zero attached hydrogens (tertiary/aromatic N) is 1. The summed E-state index contributed by atoms with van der Waals surface area (Å²) in [4.78, 5) is 4.28. The van der Waals surface area contributed by atoms with E-state index < -0.39 is 0 Å². The van der Waals surface area contributed by atoms with Crippen molar-refractivity contribution in [3.63, 3.8) is 0 Å². The lowest BCUT2D eigenvalue weighted by atomic mass is 9.74. The third-order valence-corrected chi connectivity index (χ3v) is 5.06. The van der Waals surface area contributed by atoms with Crippen LogP contribution in [0.1, 0.15) is 25.3 Å². The van der Waals surface area contributed by atoms with Crippen LogP contribution in [0.3, 0.4) is 0 Å². The van der Waals surface area contributed by atoms with Crippen molar-refractivity contribution in [1.29, 1.82) is 0 Å². The number of aliphatic imine (C=N–C) groups is 1. The fourth-order valence-electron chi connectivity index (χ4n) is 3.08. The number of ether oxygens (including phenoxy) is 2. The minimum absolute atomic E-state index is 0.0997. The molecule has 0 aliphatic carbocycles. The number of guanidine groups is 1. The molecule has 140 valence electrons. The highest BCUT2D eigenvalue weighted by Gasteiger charge is 2.36. The van der Waals surface area contributed by atoms with Crippen molar-refractivity contribution < 1.29 is 9.47 Å². The number of benzene rings is 1. The Bertz CT molecular complexity index is 575. The Balaban J connectivity index is 2.07. The molecule has 25 heavy (non-hydrogen) atoms. The van der Waals surface area contributed by atoms with E-state index in [1.54, 1.807) is 7.05 Å². The molecule has 0 spiro atoms. The molecule has 5 nitrogen and oxygen atoms in total. The smallest absolute Gasteiger partial charge is 0.191 e. The molecule has 1 saturated heterocycles. The first-order chi connectivity index (χ1) is 12.1. The van der Waals surface area contributed by atoms with Crippen LogP contribution in [-0.2, 0) is 14.9 Å². The summed E-state index contributed by atoms with van der Waals surface area (Å²) in [5.74, 6) is 0.760. The lowest BCUT2D eigenvalue weighted by molar-refractivity contribution is 0.0514. The van der Waals surface area contributed by atoms with E-state index in [0.29, 0.717) is 29.8 Å². The van der Waals surface area contributed by atoms with Gasteiger partial charge in [-0.15, -0.1) is 0 Å². The van der Waals surface area contributed by atoms with Crippen molar-refractivity contribution in [2.24, 2.45) is 4.99 Å². The summed E-state index contributed by atoms with van der Waals surface area (Å²) in [7, 11) is 1.77. The normalized spacial score (nSPS) is 17.4. The van der Waals surface area contributed by atoms with Gasteiger partial charge in [0.1, 0.15) is 0 Å². The summed E-state index contributed by atoms with van der Waals surface area (Å²) in [6, 6.07) is 5.74. The van der Waals surface area contributed by atoms with Gasteiger partial charge in [-0.2, -0.15) is 0 Å². The van der Waals surface area contributed by atoms with Crippen LogP contribution in [0.15, 0.2) is 23.2 Å². The van der Waals surface area contributed by atoms with E-state index in [4.69, 9.17) is 32.7 Å². The summed E-state index contributed by atoms with van der Waals surface area (Å²) in [6.07, 6.45) is 1.80. The largest absolute Gasteiger partial charge is 0.381 e. The highest BCUT2D eigenvalue weighted by atomic mass is 35.5. The zero-order valence-corrected chi connectivity index (χ0v) is 16.4. The van der Waals surface area contributed by atoms with Crippen LogP contribution >= 0.6 is 23.2 Å². The van der Waals surface area contributed by atoms with Gasteiger partial charge in [-0.25, -0.2) is 0 Å². The van der Waals surface area contributed by atoms with Gasteiger partial charge in [0.2, 0.25) is 0 Å². The molecule has 1 aliphatic heterocycles. The predicted octanol–water partition coefficient (Wildman–Crippen LogP) is 3.24. The Morgan fingerprint density at radius 1 is 1.28 bits per heavy atom. The van der Waals surface area contributed by atoms with Crippen LogP contribution in [-0.4, -0.2) is 52.5 Å². The maximum atomic E-state index is 6.50. The first-order valence-electron chi connectivity index (χ1n) is 8.67. The molecule has 1 fully saturated rings. The molecule has 2 N–H and O–H groups in total. The van der Waals surface area contributed by atoms with Gasteiger partial charge in [-0.3, -0.25) is 4.99 Å². The second-order valence-corrected chi connectivity index (χ2v) is 6.91. The summed E-state index contributed by atoms with van der Waals surface area (Å²) in [6.45, 7) is 6.23. The van der Waals surface area contributed by atoms with Crippen molar-refractivity contribution in [3.05, 3.63) is 33.8 Å². The molecule has 1 aromatic rings. The summed E-state index contributed by atoms with van der Waals surface area (Å²) in [5.41, 5.74) is 1.01. The van der Waals surface area contributed by atoms with Gasteiger partial charge in [0.15, 0.2) is 5.96 Å². The lowest BCUT2D eigenvalue weighted by Crippen LogP contribution is -2.48. The molecule has 1 aromatic carbocycles. The van der Waals surface area contributed by atoms with Gasteiger partial charge < -0.3 is 20.1 Å². The van der Waals surface area contributed by atoms with Gasteiger partial charge >= 0.3 is 0 Å². The zero-order chi connectivity index (χ0) is 18.1.